The summed E-state index contributed by atoms with van der Waals surface area (Å²) in [5.74, 6) is -1.16. The minimum absolute atomic E-state index is 0.288. The topological polar surface area (TPSA) is 93.1 Å². The molecule has 3 aromatic rings. The van der Waals surface area contributed by atoms with Gasteiger partial charge in [0.25, 0.3) is 11.8 Å². The molecule has 1 aromatic carbocycles. The van der Waals surface area contributed by atoms with Crippen LogP contribution in [0.5, 0.6) is 0 Å². The molecular weight excluding hydrogens is 376 g/mol. The molecule has 0 unspecified atom stereocenters. The first-order chi connectivity index (χ1) is 13.5. The van der Waals surface area contributed by atoms with E-state index in [1.807, 2.05) is 36.4 Å². The van der Waals surface area contributed by atoms with E-state index in [2.05, 4.69) is 16.0 Å². The van der Waals surface area contributed by atoms with Crippen molar-refractivity contribution in [2.45, 2.75) is 26.2 Å². The second-order valence-electron chi connectivity index (χ2n) is 6.57. The zero-order chi connectivity index (χ0) is 19.7. The Balaban J connectivity index is 1.51. The molecule has 4 rings (SSSR count). The highest BCUT2D eigenvalue weighted by Gasteiger charge is 2.20. The average Bonchev–Trinajstić information content (AvgIpc) is 3.29. The summed E-state index contributed by atoms with van der Waals surface area (Å²) in [6.45, 7) is 1.74. The van der Waals surface area contributed by atoms with Crippen LogP contribution in [0.15, 0.2) is 47.3 Å². The summed E-state index contributed by atoms with van der Waals surface area (Å²) in [6, 6.07) is 12.4. The lowest BCUT2D eigenvalue weighted by molar-refractivity contribution is 0.0844. The van der Waals surface area contributed by atoms with Crippen LogP contribution in [0.4, 0.5) is 0 Å². The zero-order valence-electron chi connectivity index (χ0n) is 15.2. The summed E-state index contributed by atoms with van der Waals surface area (Å²) in [5, 5.41) is 4.18. The van der Waals surface area contributed by atoms with Crippen molar-refractivity contribution in [2.75, 3.05) is 0 Å². The van der Waals surface area contributed by atoms with Gasteiger partial charge in [-0.05, 0) is 49.9 Å². The van der Waals surface area contributed by atoms with Crippen LogP contribution in [-0.2, 0) is 12.8 Å². The standard InChI is InChI=1S/C20H18N4O3S/c1-12-10-15(25)18(23-24(12)14-7-3-2-4-8-14)20(27)22-21-19(26)17-11-13-6-5-9-16(13)28-17/h2-4,7-8,10-11H,5-6,9H2,1H3,(H,21,26)(H,22,27). The van der Waals surface area contributed by atoms with Gasteiger partial charge in [-0.2, -0.15) is 5.10 Å². The number of carbonyl (C=O) groups excluding carboxylic acids is 2. The van der Waals surface area contributed by atoms with Crippen molar-refractivity contribution in [3.63, 3.8) is 0 Å². The molecule has 2 aromatic heterocycles. The third kappa shape index (κ3) is 3.46. The predicted octanol–water partition coefficient (Wildman–Crippen LogP) is 2.17. The number of thiophene rings is 1. The highest BCUT2D eigenvalue weighted by atomic mass is 32.1. The van der Waals surface area contributed by atoms with E-state index in [4.69, 9.17) is 0 Å². The third-order valence-electron chi connectivity index (χ3n) is 4.58. The van der Waals surface area contributed by atoms with Crippen molar-refractivity contribution in [2.24, 2.45) is 0 Å². The van der Waals surface area contributed by atoms with Crippen LogP contribution in [-0.4, -0.2) is 21.6 Å². The molecule has 2 N–H and O–H groups in total. The Hall–Kier alpha value is -3.26. The number of aromatic nitrogens is 2. The zero-order valence-corrected chi connectivity index (χ0v) is 16.0. The number of hydrazine groups is 1. The molecule has 0 radical (unpaired) electrons. The number of hydrogen-bond acceptors (Lipinski definition) is 5. The minimum Gasteiger partial charge on any atom is -0.287 e. The van der Waals surface area contributed by atoms with Gasteiger partial charge in [0.05, 0.1) is 10.6 Å². The Bertz CT molecular complexity index is 1100. The smallest absolute Gasteiger partial charge is 0.287 e. The van der Waals surface area contributed by atoms with Gasteiger partial charge in [0.2, 0.25) is 5.43 Å². The monoisotopic (exact) mass is 394 g/mol. The lowest BCUT2D eigenvalue weighted by Crippen LogP contribution is -2.43. The molecule has 142 valence electrons. The van der Waals surface area contributed by atoms with E-state index in [1.165, 1.54) is 32.5 Å². The van der Waals surface area contributed by atoms with Crippen molar-refractivity contribution in [1.29, 1.82) is 0 Å². The molecule has 28 heavy (non-hydrogen) atoms. The van der Waals surface area contributed by atoms with Gasteiger partial charge in [0.15, 0.2) is 5.69 Å². The molecule has 8 heteroatoms. The van der Waals surface area contributed by atoms with Crippen LogP contribution in [0.3, 0.4) is 0 Å². The SMILES string of the molecule is Cc1cc(=O)c(C(=O)NNC(=O)c2cc3c(s2)CCC3)nn1-c1ccccc1. The van der Waals surface area contributed by atoms with Crippen LogP contribution in [0.1, 0.15) is 42.7 Å². The van der Waals surface area contributed by atoms with Gasteiger partial charge < -0.3 is 0 Å². The van der Waals surface area contributed by atoms with Crippen molar-refractivity contribution in [3.05, 3.63) is 79.4 Å². The number of fused-ring (bicyclic) bond motifs is 1. The maximum Gasteiger partial charge on any atom is 0.294 e. The number of nitrogens with zero attached hydrogens (tertiary/aromatic N) is 2. The molecule has 0 spiro atoms. The van der Waals surface area contributed by atoms with Crippen LogP contribution in [0.25, 0.3) is 5.69 Å². The van der Waals surface area contributed by atoms with Gasteiger partial charge in [-0.1, -0.05) is 18.2 Å². The van der Waals surface area contributed by atoms with Crippen molar-refractivity contribution >= 4 is 23.2 Å². The average molecular weight is 394 g/mol. The van der Waals surface area contributed by atoms with Crippen molar-refractivity contribution in [1.82, 2.24) is 20.6 Å². The van der Waals surface area contributed by atoms with Gasteiger partial charge in [-0.3, -0.25) is 25.2 Å². The second-order valence-corrected chi connectivity index (χ2v) is 7.70. The first-order valence-corrected chi connectivity index (χ1v) is 9.73. The van der Waals surface area contributed by atoms with Crippen LogP contribution in [0.2, 0.25) is 0 Å². The molecule has 0 saturated heterocycles. The van der Waals surface area contributed by atoms with Gasteiger partial charge in [0.1, 0.15) is 0 Å². The fraction of sp³-hybridized carbons (Fsp3) is 0.200. The molecule has 0 atom stereocenters. The van der Waals surface area contributed by atoms with E-state index in [1.54, 1.807) is 6.92 Å². The van der Waals surface area contributed by atoms with Crippen LogP contribution in [0, 0.1) is 6.92 Å². The van der Waals surface area contributed by atoms with Crippen LogP contribution < -0.4 is 16.3 Å². The molecule has 2 amide bonds. The molecule has 0 fully saturated rings. The van der Waals surface area contributed by atoms with Crippen LogP contribution >= 0.6 is 11.3 Å². The summed E-state index contributed by atoms with van der Waals surface area (Å²) in [7, 11) is 0. The molecule has 0 saturated carbocycles. The van der Waals surface area contributed by atoms with E-state index in [0.29, 0.717) is 10.6 Å². The molecule has 1 aliphatic rings. The number of amides is 2. The Morgan fingerprint density at radius 3 is 2.57 bits per heavy atom. The molecular formula is C20H18N4O3S. The summed E-state index contributed by atoms with van der Waals surface area (Å²) in [5.41, 5.74) is 6.40. The lowest BCUT2D eigenvalue weighted by Gasteiger charge is -2.11. The van der Waals surface area contributed by atoms with E-state index in [9.17, 15) is 14.4 Å². The van der Waals surface area contributed by atoms with E-state index < -0.39 is 17.2 Å². The summed E-state index contributed by atoms with van der Waals surface area (Å²) < 4.78 is 1.52. The first-order valence-electron chi connectivity index (χ1n) is 8.91. The Morgan fingerprint density at radius 1 is 1.07 bits per heavy atom. The molecule has 0 bridgehead atoms. The Morgan fingerprint density at radius 2 is 1.82 bits per heavy atom. The molecule has 1 aliphatic carbocycles. The number of rotatable bonds is 3. The molecule has 7 nitrogen and oxygen atoms in total. The van der Waals surface area contributed by atoms with Gasteiger partial charge in [-0.15, -0.1) is 11.3 Å². The van der Waals surface area contributed by atoms with Gasteiger partial charge in [-0.25, -0.2) is 4.68 Å². The first kappa shape index (κ1) is 18.1. The fourth-order valence-electron chi connectivity index (χ4n) is 3.21. The third-order valence-corrected chi connectivity index (χ3v) is 5.82. The number of nitrogens with one attached hydrogen (secondary N) is 2. The quantitative estimate of drug-likeness (QED) is 0.666. The minimum atomic E-state index is -0.757. The second kappa shape index (κ2) is 7.40. The molecule has 2 heterocycles. The number of carbonyl (C=O) groups is 2. The lowest BCUT2D eigenvalue weighted by atomic mass is 10.2. The van der Waals surface area contributed by atoms with E-state index in [-0.39, 0.29) is 5.69 Å². The highest BCUT2D eigenvalue weighted by molar-refractivity contribution is 7.14. The normalized spacial score (nSPS) is 12.5. The maximum absolute atomic E-state index is 12.4. The number of hydrogen-bond donors (Lipinski definition) is 2. The fourth-order valence-corrected chi connectivity index (χ4v) is 4.36. The van der Waals surface area contributed by atoms with Crippen molar-refractivity contribution in [3.8, 4) is 5.69 Å². The van der Waals surface area contributed by atoms with E-state index in [0.717, 1.165) is 24.9 Å². The number of aryl methyl sites for hydroxylation is 3. The van der Waals surface area contributed by atoms with Gasteiger partial charge >= 0.3 is 0 Å². The highest BCUT2D eigenvalue weighted by Crippen LogP contribution is 2.30. The van der Waals surface area contributed by atoms with Gasteiger partial charge in [0, 0.05) is 16.6 Å². The number of benzene rings is 1. The summed E-state index contributed by atoms with van der Waals surface area (Å²) in [4.78, 5) is 38.7. The van der Waals surface area contributed by atoms with E-state index >= 15 is 0 Å². The maximum atomic E-state index is 12.4. The largest absolute Gasteiger partial charge is 0.294 e. The Labute approximate surface area is 165 Å². The predicted molar refractivity (Wildman–Crippen MR) is 106 cm³/mol. The number of para-hydroxylation sites is 1. The summed E-state index contributed by atoms with van der Waals surface area (Å²) in [6.07, 6.45) is 3.09. The Kier molecular flexibility index (Phi) is 4.79. The van der Waals surface area contributed by atoms with Crippen molar-refractivity contribution < 1.29 is 9.59 Å². The summed E-state index contributed by atoms with van der Waals surface area (Å²) >= 11 is 1.44. The molecule has 0 aliphatic heterocycles.